The van der Waals surface area contributed by atoms with E-state index in [0.717, 1.165) is 21.2 Å². The molecule has 6 heteroatoms. The van der Waals surface area contributed by atoms with Crippen molar-refractivity contribution in [1.82, 2.24) is 5.43 Å². The lowest BCUT2D eigenvalue weighted by molar-refractivity contribution is -0.136. The fourth-order valence-corrected chi connectivity index (χ4v) is 2.21. The van der Waals surface area contributed by atoms with Crippen LogP contribution in [0.2, 0.25) is 0 Å². The molecule has 0 saturated heterocycles. The molecule has 124 valence electrons. The number of rotatable bonds is 3. The molecule has 0 fully saturated rings. The Morgan fingerprint density at radius 2 is 1.62 bits per heavy atom. The number of hydrogen-bond acceptors (Lipinski definition) is 3. The van der Waals surface area contributed by atoms with Crippen molar-refractivity contribution in [1.29, 1.82) is 0 Å². The Morgan fingerprint density at radius 3 is 2.25 bits per heavy atom. The number of nitrogens with zero attached hydrogens (tertiary/aromatic N) is 1. The molecular weight excluding hydrogens is 370 g/mol. The summed E-state index contributed by atoms with van der Waals surface area (Å²) in [7, 11) is 0. The van der Waals surface area contributed by atoms with Crippen LogP contribution in [0.15, 0.2) is 52.0 Å². The van der Waals surface area contributed by atoms with Crippen LogP contribution in [0.4, 0.5) is 5.69 Å². The van der Waals surface area contributed by atoms with E-state index >= 15 is 0 Å². The van der Waals surface area contributed by atoms with Crippen molar-refractivity contribution in [2.75, 3.05) is 5.32 Å². The molecule has 0 saturated carbocycles. The standard InChI is InChI=1S/C18H18BrN3O2/c1-11-4-9-16(10-12(11)2)20-17(23)18(24)22-21-13(3)14-5-7-15(19)8-6-14/h4-10H,1-3H3,(H,20,23)(H,22,24)/b21-13+. The molecule has 2 aromatic carbocycles. The fraction of sp³-hybridized carbons (Fsp3) is 0.167. The van der Waals surface area contributed by atoms with Crippen molar-refractivity contribution in [2.24, 2.45) is 5.10 Å². The molecule has 0 aliphatic heterocycles. The first-order chi connectivity index (χ1) is 11.4. The van der Waals surface area contributed by atoms with E-state index in [0.29, 0.717) is 11.4 Å². The highest BCUT2D eigenvalue weighted by Crippen LogP contribution is 2.14. The lowest BCUT2D eigenvalue weighted by Gasteiger charge is -2.07. The van der Waals surface area contributed by atoms with Crippen molar-refractivity contribution < 1.29 is 9.59 Å². The second-order valence-electron chi connectivity index (χ2n) is 5.40. The first kappa shape index (κ1) is 17.9. The molecule has 2 rings (SSSR count). The van der Waals surface area contributed by atoms with Gasteiger partial charge in [-0.3, -0.25) is 9.59 Å². The molecule has 0 radical (unpaired) electrons. The van der Waals surface area contributed by atoms with Crippen LogP contribution in [0.5, 0.6) is 0 Å². The second-order valence-corrected chi connectivity index (χ2v) is 6.31. The Labute approximate surface area is 149 Å². The SMILES string of the molecule is C/C(=N\NC(=O)C(=O)Nc1ccc(C)c(C)c1)c1ccc(Br)cc1. The highest BCUT2D eigenvalue weighted by Gasteiger charge is 2.13. The van der Waals surface area contributed by atoms with Crippen molar-refractivity contribution in [3.8, 4) is 0 Å². The average Bonchev–Trinajstić information content (AvgIpc) is 2.56. The number of aryl methyl sites for hydroxylation is 2. The van der Waals surface area contributed by atoms with Crippen molar-refractivity contribution in [2.45, 2.75) is 20.8 Å². The first-order valence-electron chi connectivity index (χ1n) is 7.35. The van der Waals surface area contributed by atoms with Gasteiger partial charge in [0.25, 0.3) is 0 Å². The summed E-state index contributed by atoms with van der Waals surface area (Å²) in [5, 5.41) is 6.51. The predicted octanol–water partition coefficient (Wildman–Crippen LogP) is 3.54. The van der Waals surface area contributed by atoms with E-state index in [-0.39, 0.29) is 0 Å². The normalized spacial score (nSPS) is 11.1. The molecule has 0 atom stereocenters. The van der Waals surface area contributed by atoms with E-state index in [4.69, 9.17) is 0 Å². The summed E-state index contributed by atoms with van der Waals surface area (Å²) in [4.78, 5) is 23.8. The highest BCUT2D eigenvalue weighted by molar-refractivity contribution is 9.10. The number of amides is 2. The maximum atomic E-state index is 11.9. The van der Waals surface area contributed by atoms with Gasteiger partial charge in [-0.1, -0.05) is 34.1 Å². The smallest absolute Gasteiger partial charge is 0.318 e. The number of carbonyl (C=O) groups excluding carboxylic acids is 2. The van der Waals surface area contributed by atoms with Crippen molar-refractivity contribution in [3.63, 3.8) is 0 Å². The van der Waals surface area contributed by atoms with E-state index in [2.05, 4.69) is 31.8 Å². The Morgan fingerprint density at radius 1 is 0.958 bits per heavy atom. The summed E-state index contributed by atoms with van der Waals surface area (Å²) in [5.74, 6) is -1.57. The van der Waals surface area contributed by atoms with Gasteiger partial charge in [0.1, 0.15) is 0 Å². The molecule has 0 unspecified atom stereocenters. The number of hydrazone groups is 1. The van der Waals surface area contributed by atoms with Gasteiger partial charge in [0.15, 0.2) is 0 Å². The molecule has 0 spiro atoms. The molecule has 5 nitrogen and oxygen atoms in total. The number of benzene rings is 2. The van der Waals surface area contributed by atoms with Gasteiger partial charge in [-0.05, 0) is 61.7 Å². The van der Waals surface area contributed by atoms with Crippen molar-refractivity contribution in [3.05, 3.63) is 63.6 Å². The molecule has 2 aromatic rings. The summed E-state index contributed by atoms with van der Waals surface area (Å²) in [5.41, 5.74) is 6.46. The molecule has 0 aliphatic carbocycles. The number of halogens is 1. The van der Waals surface area contributed by atoms with E-state index in [9.17, 15) is 9.59 Å². The topological polar surface area (TPSA) is 70.6 Å². The van der Waals surface area contributed by atoms with E-state index in [1.165, 1.54) is 0 Å². The maximum absolute atomic E-state index is 11.9. The van der Waals surface area contributed by atoms with Gasteiger partial charge in [0, 0.05) is 10.2 Å². The van der Waals surface area contributed by atoms with E-state index in [1.54, 1.807) is 13.0 Å². The summed E-state index contributed by atoms with van der Waals surface area (Å²) < 4.78 is 0.954. The number of nitrogens with one attached hydrogen (secondary N) is 2. The van der Waals surface area contributed by atoms with Crippen LogP contribution in [0, 0.1) is 13.8 Å². The van der Waals surface area contributed by atoms with Crippen LogP contribution in [0.3, 0.4) is 0 Å². The lowest BCUT2D eigenvalue weighted by atomic mass is 10.1. The zero-order chi connectivity index (χ0) is 17.7. The third-order valence-electron chi connectivity index (χ3n) is 3.56. The minimum atomic E-state index is -0.815. The molecule has 2 N–H and O–H groups in total. The quantitative estimate of drug-likeness (QED) is 0.480. The summed E-state index contributed by atoms with van der Waals surface area (Å²) >= 11 is 3.35. The minimum absolute atomic E-state index is 0.576. The molecule has 0 aliphatic rings. The van der Waals surface area contributed by atoms with Crippen LogP contribution in [-0.2, 0) is 9.59 Å². The van der Waals surface area contributed by atoms with Crippen LogP contribution >= 0.6 is 15.9 Å². The Balaban J connectivity index is 1.98. The second kappa shape index (κ2) is 7.88. The van der Waals surface area contributed by atoms with Gasteiger partial charge < -0.3 is 5.32 Å². The number of carbonyl (C=O) groups is 2. The zero-order valence-electron chi connectivity index (χ0n) is 13.7. The first-order valence-corrected chi connectivity index (χ1v) is 8.15. The minimum Gasteiger partial charge on any atom is -0.318 e. The molecule has 2 amide bonds. The van der Waals surface area contributed by atoms with Gasteiger partial charge in [0.05, 0.1) is 5.71 Å². The molecule has 24 heavy (non-hydrogen) atoms. The Bertz CT molecular complexity index is 798. The predicted molar refractivity (Wildman–Crippen MR) is 99.0 cm³/mol. The van der Waals surface area contributed by atoms with Crippen LogP contribution in [-0.4, -0.2) is 17.5 Å². The van der Waals surface area contributed by atoms with Gasteiger partial charge in [0.2, 0.25) is 0 Å². The van der Waals surface area contributed by atoms with Gasteiger partial charge in [-0.15, -0.1) is 0 Å². The number of hydrogen-bond donors (Lipinski definition) is 2. The molecule has 0 heterocycles. The van der Waals surface area contributed by atoms with E-state index in [1.807, 2.05) is 50.2 Å². The molecule has 0 aromatic heterocycles. The summed E-state index contributed by atoms with van der Waals surface area (Å²) in [6, 6.07) is 12.9. The fourth-order valence-electron chi connectivity index (χ4n) is 1.95. The maximum Gasteiger partial charge on any atom is 0.329 e. The van der Waals surface area contributed by atoms with E-state index < -0.39 is 11.8 Å². The van der Waals surface area contributed by atoms with Gasteiger partial charge in [-0.25, -0.2) is 5.43 Å². The summed E-state index contributed by atoms with van der Waals surface area (Å²) in [6.45, 7) is 5.68. The highest BCUT2D eigenvalue weighted by atomic mass is 79.9. The monoisotopic (exact) mass is 387 g/mol. The lowest BCUT2D eigenvalue weighted by Crippen LogP contribution is -2.33. The average molecular weight is 388 g/mol. The van der Waals surface area contributed by atoms with Crippen LogP contribution in [0.25, 0.3) is 0 Å². The van der Waals surface area contributed by atoms with Crippen LogP contribution < -0.4 is 10.7 Å². The van der Waals surface area contributed by atoms with Gasteiger partial charge in [-0.2, -0.15) is 5.10 Å². The summed E-state index contributed by atoms with van der Waals surface area (Å²) in [6.07, 6.45) is 0. The Hall–Kier alpha value is -2.47. The third-order valence-corrected chi connectivity index (χ3v) is 4.09. The molecule has 0 bridgehead atoms. The zero-order valence-corrected chi connectivity index (χ0v) is 15.3. The van der Waals surface area contributed by atoms with Gasteiger partial charge >= 0.3 is 11.8 Å². The Kier molecular flexibility index (Phi) is 5.87. The third kappa shape index (κ3) is 4.76. The molecular formula is C18H18BrN3O2. The van der Waals surface area contributed by atoms with Crippen molar-refractivity contribution >= 4 is 39.1 Å². The number of anilines is 1. The van der Waals surface area contributed by atoms with Crippen LogP contribution in [0.1, 0.15) is 23.6 Å². The largest absolute Gasteiger partial charge is 0.329 e.